The summed E-state index contributed by atoms with van der Waals surface area (Å²) < 4.78 is 0.922. The zero-order valence-electron chi connectivity index (χ0n) is 13.6. The molecule has 0 fully saturated rings. The van der Waals surface area contributed by atoms with Gasteiger partial charge >= 0.3 is 0 Å². The van der Waals surface area contributed by atoms with Gasteiger partial charge in [0.15, 0.2) is 0 Å². The maximum absolute atomic E-state index is 11.9. The number of rotatable bonds is 6. The van der Waals surface area contributed by atoms with E-state index >= 15 is 0 Å². The van der Waals surface area contributed by atoms with Crippen molar-refractivity contribution in [2.75, 3.05) is 18.4 Å². The van der Waals surface area contributed by atoms with Crippen LogP contribution in [-0.4, -0.2) is 30.8 Å². The van der Waals surface area contributed by atoms with Crippen molar-refractivity contribution in [3.63, 3.8) is 0 Å². The van der Waals surface area contributed by atoms with E-state index in [-0.39, 0.29) is 24.9 Å². The van der Waals surface area contributed by atoms with E-state index < -0.39 is 5.91 Å². The van der Waals surface area contributed by atoms with Crippen molar-refractivity contribution < 1.29 is 14.4 Å². The van der Waals surface area contributed by atoms with Gasteiger partial charge in [0, 0.05) is 15.7 Å². The maximum atomic E-state index is 11.9. The fourth-order valence-electron chi connectivity index (χ4n) is 2.06. The van der Waals surface area contributed by atoms with Gasteiger partial charge in [-0.2, -0.15) is 0 Å². The van der Waals surface area contributed by atoms with Gasteiger partial charge in [-0.1, -0.05) is 34.1 Å². The molecule has 0 aliphatic rings. The van der Waals surface area contributed by atoms with E-state index in [9.17, 15) is 14.4 Å². The summed E-state index contributed by atoms with van der Waals surface area (Å²) in [7, 11) is 0. The van der Waals surface area contributed by atoms with Gasteiger partial charge in [-0.3, -0.25) is 14.4 Å². The largest absolute Gasteiger partial charge is 0.345 e. The Kier molecular flexibility index (Phi) is 6.71. The van der Waals surface area contributed by atoms with E-state index in [4.69, 9.17) is 0 Å². The highest BCUT2D eigenvalue weighted by atomic mass is 79.9. The van der Waals surface area contributed by atoms with Crippen LogP contribution in [0.4, 0.5) is 5.69 Å². The minimum absolute atomic E-state index is 0.171. The molecule has 3 N–H and O–H groups in total. The number of amides is 3. The van der Waals surface area contributed by atoms with Crippen LogP contribution in [0.25, 0.3) is 0 Å². The van der Waals surface area contributed by atoms with Gasteiger partial charge in [0.1, 0.15) is 0 Å². The second-order valence-corrected chi connectivity index (χ2v) is 6.25. The number of anilines is 1. The number of hydrogen-bond acceptors (Lipinski definition) is 3. The van der Waals surface area contributed by atoms with Crippen LogP contribution in [0, 0.1) is 6.92 Å². The lowest BCUT2D eigenvalue weighted by atomic mass is 10.2. The third-order valence-electron chi connectivity index (χ3n) is 3.35. The summed E-state index contributed by atoms with van der Waals surface area (Å²) in [6.07, 6.45) is 0. The van der Waals surface area contributed by atoms with Crippen LogP contribution in [0.3, 0.4) is 0 Å². The van der Waals surface area contributed by atoms with Crippen LogP contribution < -0.4 is 16.0 Å². The first-order valence-electron chi connectivity index (χ1n) is 7.61. The Bertz CT molecular complexity index is 778. The molecule has 3 amide bonds. The molecule has 0 spiro atoms. The first-order valence-corrected chi connectivity index (χ1v) is 8.41. The highest BCUT2D eigenvalue weighted by molar-refractivity contribution is 9.10. The van der Waals surface area contributed by atoms with Crippen molar-refractivity contribution in [2.45, 2.75) is 6.92 Å². The van der Waals surface area contributed by atoms with Crippen molar-refractivity contribution in [1.82, 2.24) is 10.6 Å². The summed E-state index contributed by atoms with van der Waals surface area (Å²) in [4.78, 5) is 35.4. The maximum Gasteiger partial charge on any atom is 0.251 e. The molecule has 0 aliphatic heterocycles. The topological polar surface area (TPSA) is 87.3 Å². The summed E-state index contributed by atoms with van der Waals surface area (Å²) in [5, 5.41) is 7.69. The molecule has 0 unspecified atom stereocenters. The van der Waals surface area contributed by atoms with Crippen molar-refractivity contribution in [3.8, 4) is 0 Å². The van der Waals surface area contributed by atoms with Crippen molar-refractivity contribution in [3.05, 3.63) is 64.1 Å². The van der Waals surface area contributed by atoms with Crippen molar-refractivity contribution in [2.24, 2.45) is 0 Å². The third-order valence-corrected chi connectivity index (χ3v) is 3.85. The van der Waals surface area contributed by atoms with Crippen LogP contribution in [0.15, 0.2) is 53.0 Å². The third kappa shape index (κ3) is 6.04. The van der Waals surface area contributed by atoms with Gasteiger partial charge in [0.05, 0.1) is 13.1 Å². The minimum Gasteiger partial charge on any atom is -0.345 e. The van der Waals surface area contributed by atoms with Crippen LogP contribution in [0.2, 0.25) is 0 Å². The summed E-state index contributed by atoms with van der Waals surface area (Å²) in [5.74, 6) is -1.12. The molecule has 6 nitrogen and oxygen atoms in total. The van der Waals surface area contributed by atoms with E-state index in [0.29, 0.717) is 11.3 Å². The molecule has 0 aromatic heterocycles. The highest BCUT2D eigenvalue weighted by Gasteiger charge is 2.10. The van der Waals surface area contributed by atoms with Gasteiger partial charge in [0.2, 0.25) is 11.8 Å². The average Bonchev–Trinajstić information content (AvgIpc) is 2.61. The first-order chi connectivity index (χ1) is 12.0. The SMILES string of the molecule is Cc1cc(Br)ccc1NC(=O)CNC(=O)CNC(=O)c1ccccc1. The lowest BCUT2D eigenvalue weighted by molar-refractivity contribution is -0.123. The fourth-order valence-corrected chi connectivity index (χ4v) is 2.53. The molecule has 2 rings (SSSR count). The number of hydrogen-bond donors (Lipinski definition) is 3. The second-order valence-electron chi connectivity index (χ2n) is 5.33. The molecular formula is C18H18BrN3O3. The highest BCUT2D eigenvalue weighted by Crippen LogP contribution is 2.19. The van der Waals surface area contributed by atoms with Crippen molar-refractivity contribution >= 4 is 39.3 Å². The number of carbonyl (C=O) groups excluding carboxylic acids is 3. The molecule has 0 saturated heterocycles. The molecule has 0 radical (unpaired) electrons. The Morgan fingerprint density at radius 3 is 2.28 bits per heavy atom. The lowest BCUT2D eigenvalue weighted by Crippen LogP contribution is -2.40. The monoisotopic (exact) mass is 403 g/mol. The van der Waals surface area contributed by atoms with Crippen molar-refractivity contribution in [1.29, 1.82) is 0 Å². The Balaban J connectivity index is 1.74. The molecule has 130 valence electrons. The molecule has 2 aromatic carbocycles. The Hall–Kier alpha value is -2.67. The standard InChI is InChI=1S/C18H18BrN3O3/c1-12-9-14(19)7-8-15(12)22-17(24)11-20-16(23)10-21-18(25)13-5-3-2-4-6-13/h2-9H,10-11H2,1H3,(H,20,23)(H,21,25)(H,22,24). The number of carbonyl (C=O) groups is 3. The van der Waals surface area contributed by atoms with E-state index in [1.165, 1.54) is 0 Å². The van der Waals surface area contributed by atoms with Crippen LogP contribution in [0.5, 0.6) is 0 Å². The average molecular weight is 404 g/mol. The number of nitrogens with one attached hydrogen (secondary N) is 3. The summed E-state index contributed by atoms with van der Waals surface area (Å²) in [5.41, 5.74) is 2.06. The molecule has 7 heteroatoms. The first kappa shape index (κ1) is 18.7. The lowest BCUT2D eigenvalue weighted by Gasteiger charge is -2.10. The predicted molar refractivity (Wildman–Crippen MR) is 99.3 cm³/mol. The molecule has 0 aliphatic carbocycles. The van der Waals surface area contributed by atoms with E-state index in [0.717, 1.165) is 10.0 Å². The minimum atomic E-state index is -0.438. The van der Waals surface area contributed by atoms with Crippen LogP contribution in [0.1, 0.15) is 15.9 Å². The molecule has 2 aromatic rings. The molecule has 0 heterocycles. The van der Waals surface area contributed by atoms with Gasteiger partial charge in [-0.25, -0.2) is 0 Å². The molecule has 0 saturated carbocycles. The molecule has 25 heavy (non-hydrogen) atoms. The van der Waals surface area contributed by atoms with Crippen LogP contribution >= 0.6 is 15.9 Å². The van der Waals surface area contributed by atoms with E-state index in [1.54, 1.807) is 36.4 Å². The zero-order chi connectivity index (χ0) is 18.2. The normalized spacial score (nSPS) is 10.0. The second kappa shape index (κ2) is 8.98. The van der Waals surface area contributed by atoms with E-state index in [2.05, 4.69) is 31.9 Å². The van der Waals surface area contributed by atoms with Gasteiger partial charge < -0.3 is 16.0 Å². The Labute approximate surface area is 154 Å². The number of halogens is 1. The molecule has 0 atom stereocenters. The van der Waals surface area contributed by atoms with E-state index in [1.807, 2.05) is 19.1 Å². The summed E-state index contributed by atoms with van der Waals surface area (Å²) >= 11 is 3.35. The molecule has 0 bridgehead atoms. The predicted octanol–water partition coefficient (Wildman–Crippen LogP) is 2.24. The van der Waals surface area contributed by atoms with Gasteiger partial charge in [0.25, 0.3) is 5.91 Å². The fraction of sp³-hybridized carbons (Fsp3) is 0.167. The molecular weight excluding hydrogens is 386 g/mol. The zero-order valence-corrected chi connectivity index (χ0v) is 15.2. The smallest absolute Gasteiger partial charge is 0.251 e. The Morgan fingerprint density at radius 1 is 0.920 bits per heavy atom. The van der Waals surface area contributed by atoms with Gasteiger partial charge in [-0.15, -0.1) is 0 Å². The summed E-state index contributed by atoms with van der Waals surface area (Å²) in [6.45, 7) is 1.51. The van der Waals surface area contributed by atoms with Gasteiger partial charge in [-0.05, 0) is 42.8 Å². The quantitative estimate of drug-likeness (QED) is 0.690. The number of benzene rings is 2. The van der Waals surface area contributed by atoms with Crippen LogP contribution in [-0.2, 0) is 9.59 Å². The number of aryl methyl sites for hydroxylation is 1. The Morgan fingerprint density at radius 2 is 1.60 bits per heavy atom. The summed E-state index contributed by atoms with van der Waals surface area (Å²) in [6, 6.07) is 14.1.